The number of aromatic nitrogens is 4. The molecule has 1 amide bonds. The van der Waals surface area contributed by atoms with Gasteiger partial charge < -0.3 is 16.2 Å². The number of carbonyl (C=O) groups excluding carboxylic acids is 1. The van der Waals surface area contributed by atoms with Gasteiger partial charge in [0.2, 0.25) is 5.91 Å². The number of nitrogens with two attached hydrogens (primary N) is 1. The van der Waals surface area contributed by atoms with Crippen molar-refractivity contribution < 1.29 is 27.9 Å². The van der Waals surface area contributed by atoms with Crippen molar-refractivity contribution in [3.63, 3.8) is 0 Å². The molecule has 2 rings (SSSR count). The Balaban J connectivity index is 0.000000412. The van der Waals surface area contributed by atoms with Crippen LogP contribution < -0.4 is 11.1 Å². The van der Waals surface area contributed by atoms with Crippen LogP contribution in [0.3, 0.4) is 0 Å². The second-order valence-electron chi connectivity index (χ2n) is 4.84. The number of amides is 1. The average molecular weight is 395 g/mol. The Morgan fingerprint density at radius 2 is 2.04 bits per heavy atom. The zero-order chi connectivity index (χ0) is 19.9. The van der Waals surface area contributed by atoms with Crippen molar-refractivity contribution in [3.8, 4) is 5.69 Å². The minimum atomic E-state index is -5.08. The van der Waals surface area contributed by atoms with Gasteiger partial charge in [0, 0.05) is 11.6 Å². The maximum Gasteiger partial charge on any atom is 0.490 e. The predicted molar refractivity (Wildman–Crippen MR) is 83.4 cm³/mol. The molecule has 1 unspecified atom stereocenters. The molecule has 0 aliphatic carbocycles. The molecule has 1 aromatic carbocycles. The van der Waals surface area contributed by atoms with Crippen LogP contribution in [0.15, 0.2) is 24.5 Å². The van der Waals surface area contributed by atoms with Gasteiger partial charge >= 0.3 is 12.1 Å². The van der Waals surface area contributed by atoms with Gasteiger partial charge in [-0.1, -0.05) is 11.6 Å². The first-order valence-electron chi connectivity index (χ1n) is 6.87. The minimum Gasteiger partial charge on any atom is -0.475 e. The van der Waals surface area contributed by atoms with E-state index in [0.29, 0.717) is 11.6 Å². The van der Waals surface area contributed by atoms with Crippen LogP contribution in [0, 0.1) is 0 Å². The SMILES string of the molecule is CC(N)C(=O)NCc1cc(Cl)ccc1-n1cnnn1.O=C(O)C(F)(F)F. The molecule has 13 heteroatoms. The summed E-state index contributed by atoms with van der Waals surface area (Å²) in [6.45, 7) is 1.92. The number of halogens is 4. The highest BCUT2D eigenvalue weighted by Crippen LogP contribution is 2.18. The summed E-state index contributed by atoms with van der Waals surface area (Å²) in [7, 11) is 0. The summed E-state index contributed by atoms with van der Waals surface area (Å²) in [5.74, 6) is -2.99. The first-order valence-corrected chi connectivity index (χ1v) is 7.25. The molecule has 1 heterocycles. The molecule has 1 atom stereocenters. The summed E-state index contributed by atoms with van der Waals surface area (Å²) < 4.78 is 33.2. The lowest BCUT2D eigenvalue weighted by molar-refractivity contribution is -0.192. The van der Waals surface area contributed by atoms with Crippen molar-refractivity contribution in [1.82, 2.24) is 25.5 Å². The first kappa shape index (κ1) is 21.3. The Morgan fingerprint density at radius 1 is 1.42 bits per heavy atom. The van der Waals surface area contributed by atoms with Gasteiger partial charge in [0.25, 0.3) is 0 Å². The molecule has 9 nitrogen and oxygen atoms in total. The molecule has 26 heavy (non-hydrogen) atoms. The van der Waals surface area contributed by atoms with Gasteiger partial charge in [-0.2, -0.15) is 13.2 Å². The van der Waals surface area contributed by atoms with E-state index >= 15 is 0 Å². The van der Waals surface area contributed by atoms with Crippen molar-refractivity contribution in [1.29, 1.82) is 0 Å². The highest BCUT2D eigenvalue weighted by Gasteiger charge is 2.38. The summed E-state index contributed by atoms with van der Waals surface area (Å²) in [6.07, 6.45) is -3.61. The van der Waals surface area contributed by atoms with E-state index in [4.69, 9.17) is 27.2 Å². The number of hydrogen-bond donors (Lipinski definition) is 3. The summed E-state index contributed by atoms with van der Waals surface area (Å²) in [4.78, 5) is 20.4. The molecule has 0 saturated carbocycles. The van der Waals surface area contributed by atoms with E-state index in [-0.39, 0.29) is 5.91 Å². The number of nitrogens with zero attached hydrogens (tertiary/aromatic N) is 4. The van der Waals surface area contributed by atoms with Crippen LogP contribution in [0.1, 0.15) is 12.5 Å². The van der Waals surface area contributed by atoms with Crippen molar-refractivity contribution in [2.24, 2.45) is 5.73 Å². The maximum atomic E-state index is 11.5. The highest BCUT2D eigenvalue weighted by molar-refractivity contribution is 6.30. The van der Waals surface area contributed by atoms with E-state index in [0.717, 1.165) is 11.3 Å². The van der Waals surface area contributed by atoms with Crippen LogP contribution in [0.25, 0.3) is 5.69 Å². The van der Waals surface area contributed by atoms with Crippen molar-refractivity contribution in [2.75, 3.05) is 0 Å². The highest BCUT2D eigenvalue weighted by atomic mass is 35.5. The number of carboxylic acid groups (broad SMARTS) is 1. The third kappa shape index (κ3) is 6.64. The fraction of sp³-hybridized carbons (Fsp3) is 0.308. The van der Waals surface area contributed by atoms with Crippen LogP contribution >= 0.6 is 11.6 Å². The van der Waals surface area contributed by atoms with E-state index in [9.17, 15) is 18.0 Å². The summed E-state index contributed by atoms with van der Waals surface area (Å²) in [6, 6.07) is 4.71. The van der Waals surface area contributed by atoms with Gasteiger partial charge in [0.15, 0.2) is 0 Å². The van der Waals surface area contributed by atoms with Crippen molar-refractivity contribution in [2.45, 2.75) is 25.7 Å². The molecular formula is C13H14ClF3N6O3. The fourth-order valence-electron chi connectivity index (χ4n) is 1.53. The molecule has 0 bridgehead atoms. The molecule has 142 valence electrons. The molecule has 0 spiro atoms. The van der Waals surface area contributed by atoms with Crippen LogP contribution in [-0.2, 0) is 16.1 Å². The van der Waals surface area contributed by atoms with Crippen LogP contribution in [0.2, 0.25) is 5.02 Å². The Bertz CT molecular complexity index is 752. The lowest BCUT2D eigenvalue weighted by atomic mass is 10.1. The topological polar surface area (TPSA) is 136 Å². The number of aliphatic carboxylic acids is 1. The molecule has 0 aliphatic rings. The Morgan fingerprint density at radius 3 is 2.50 bits per heavy atom. The lowest BCUT2D eigenvalue weighted by Gasteiger charge is -2.11. The number of tetrazole rings is 1. The Kier molecular flexibility index (Phi) is 7.46. The van der Waals surface area contributed by atoms with E-state index < -0.39 is 18.2 Å². The summed E-state index contributed by atoms with van der Waals surface area (Å²) in [5, 5.41) is 21.4. The summed E-state index contributed by atoms with van der Waals surface area (Å²) >= 11 is 5.96. The third-order valence-corrected chi connectivity index (χ3v) is 2.98. The molecular weight excluding hydrogens is 381 g/mol. The number of hydrogen-bond acceptors (Lipinski definition) is 6. The standard InChI is InChI=1S/C11H13ClN6O.C2HF3O2/c1-7(13)11(19)14-5-8-4-9(12)2-3-10(8)18-6-15-16-17-18;3-2(4,5)1(6)7/h2-4,6-7H,5,13H2,1H3,(H,14,19);(H,6,7). The van der Waals surface area contributed by atoms with Crippen molar-refractivity contribution in [3.05, 3.63) is 35.1 Å². The van der Waals surface area contributed by atoms with Crippen LogP contribution in [0.4, 0.5) is 13.2 Å². The van der Waals surface area contributed by atoms with E-state index in [1.165, 1.54) is 11.0 Å². The number of benzene rings is 1. The molecule has 0 aliphatic heterocycles. The molecule has 0 fully saturated rings. The minimum absolute atomic E-state index is 0.234. The third-order valence-electron chi connectivity index (χ3n) is 2.75. The maximum absolute atomic E-state index is 11.5. The molecule has 0 saturated heterocycles. The quantitative estimate of drug-likeness (QED) is 0.701. The van der Waals surface area contributed by atoms with Gasteiger partial charge in [0.1, 0.15) is 6.33 Å². The molecule has 0 radical (unpaired) electrons. The van der Waals surface area contributed by atoms with Gasteiger partial charge in [0.05, 0.1) is 11.7 Å². The van der Waals surface area contributed by atoms with Gasteiger partial charge in [-0.25, -0.2) is 9.48 Å². The van der Waals surface area contributed by atoms with Gasteiger partial charge in [-0.15, -0.1) is 5.10 Å². The normalized spacial score (nSPS) is 11.9. The number of nitrogens with one attached hydrogen (secondary N) is 1. The van der Waals surface area contributed by atoms with E-state index in [1.54, 1.807) is 25.1 Å². The van der Waals surface area contributed by atoms with Gasteiger partial charge in [-0.3, -0.25) is 4.79 Å². The average Bonchev–Trinajstić information content (AvgIpc) is 3.06. The van der Waals surface area contributed by atoms with Crippen molar-refractivity contribution >= 4 is 23.5 Å². The molecule has 1 aromatic heterocycles. The molecule has 2 aromatic rings. The molecule has 4 N–H and O–H groups in total. The number of rotatable bonds is 4. The van der Waals surface area contributed by atoms with Gasteiger partial charge in [-0.05, 0) is 41.1 Å². The van der Waals surface area contributed by atoms with Crippen LogP contribution in [0.5, 0.6) is 0 Å². The second kappa shape index (κ2) is 9.10. The Labute approximate surface area is 149 Å². The zero-order valence-corrected chi connectivity index (χ0v) is 14.0. The Hall–Kier alpha value is -2.73. The number of carbonyl (C=O) groups is 2. The van der Waals surface area contributed by atoms with E-state index in [1.807, 2.05) is 0 Å². The lowest BCUT2D eigenvalue weighted by Crippen LogP contribution is -2.38. The first-order chi connectivity index (χ1) is 12.0. The predicted octanol–water partition coefficient (Wildman–Crippen LogP) is 0.912. The fourth-order valence-corrected chi connectivity index (χ4v) is 1.73. The number of alkyl halides is 3. The van der Waals surface area contributed by atoms with Crippen LogP contribution in [-0.4, -0.2) is 49.4 Å². The largest absolute Gasteiger partial charge is 0.490 e. The number of carboxylic acids is 1. The second-order valence-corrected chi connectivity index (χ2v) is 5.27. The van der Waals surface area contributed by atoms with E-state index in [2.05, 4.69) is 20.8 Å². The smallest absolute Gasteiger partial charge is 0.475 e. The monoisotopic (exact) mass is 394 g/mol. The zero-order valence-electron chi connectivity index (χ0n) is 13.2. The summed E-state index contributed by atoms with van der Waals surface area (Å²) in [5.41, 5.74) is 7.04.